The molecule has 8 heteroatoms. The van der Waals surface area contributed by atoms with E-state index in [0.29, 0.717) is 19.0 Å². The summed E-state index contributed by atoms with van der Waals surface area (Å²) in [4.78, 5) is 17.0. The molecule has 1 aromatic heterocycles. The molecule has 0 spiro atoms. The molecule has 0 aliphatic carbocycles. The number of nitrogens with one attached hydrogen (secondary N) is 2. The van der Waals surface area contributed by atoms with Gasteiger partial charge in [-0.15, -0.1) is 0 Å². The number of carbonyl (C=O) groups is 1. The van der Waals surface area contributed by atoms with Crippen LogP contribution in [0.25, 0.3) is 0 Å². The van der Waals surface area contributed by atoms with E-state index in [4.69, 9.17) is 5.84 Å². The molecule has 104 valence electrons. The number of hydrogen-bond acceptors (Lipinski definition) is 5. The molecule has 0 saturated carbocycles. The monoisotopic (exact) mass is 271 g/mol. The molecule has 4 N–H and O–H groups in total. The minimum absolute atomic E-state index is 0.0690. The minimum Gasteiger partial charge on any atom is -0.357 e. The van der Waals surface area contributed by atoms with Gasteiger partial charge in [-0.3, -0.25) is 4.79 Å². The summed E-state index contributed by atoms with van der Waals surface area (Å²) in [5, 5.41) is 2.52. The molecule has 1 fully saturated rings. The number of nitrogens with zero attached hydrogens (tertiary/aromatic N) is 2. The maximum Gasteiger partial charge on any atom is 0.242 e. The van der Waals surface area contributed by atoms with E-state index >= 15 is 0 Å². The molecular weight excluding hydrogens is 256 g/mol. The van der Waals surface area contributed by atoms with Crippen molar-refractivity contribution in [1.29, 1.82) is 0 Å². The Morgan fingerprint density at radius 3 is 2.89 bits per heavy atom. The zero-order chi connectivity index (χ0) is 14.0. The number of halogens is 2. The third kappa shape index (κ3) is 2.43. The van der Waals surface area contributed by atoms with Crippen LogP contribution < -0.4 is 21.5 Å². The van der Waals surface area contributed by atoms with Crippen molar-refractivity contribution in [2.75, 3.05) is 23.9 Å². The number of amides is 1. The van der Waals surface area contributed by atoms with Crippen LogP contribution >= 0.6 is 0 Å². The Morgan fingerprint density at radius 1 is 1.53 bits per heavy atom. The largest absolute Gasteiger partial charge is 0.357 e. The highest BCUT2D eigenvalue weighted by Crippen LogP contribution is 2.28. The molecule has 0 bridgehead atoms. The van der Waals surface area contributed by atoms with E-state index in [2.05, 4.69) is 15.7 Å². The number of anilines is 2. The minimum atomic E-state index is -0.876. The van der Waals surface area contributed by atoms with E-state index in [1.54, 1.807) is 0 Å². The summed E-state index contributed by atoms with van der Waals surface area (Å²) < 4.78 is 27.1. The van der Waals surface area contributed by atoms with Crippen LogP contribution in [0.15, 0.2) is 6.07 Å². The lowest BCUT2D eigenvalue weighted by molar-refractivity contribution is -0.121. The number of hydrazine groups is 1. The van der Waals surface area contributed by atoms with Crippen LogP contribution in [-0.4, -0.2) is 30.5 Å². The van der Waals surface area contributed by atoms with Gasteiger partial charge in [-0.25, -0.2) is 19.6 Å². The zero-order valence-corrected chi connectivity index (χ0v) is 10.4. The number of nitrogens with two attached hydrogens (primary N) is 1. The first-order valence-electron chi connectivity index (χ1n) is 5.89. The van der Waals surface area contributed by atoms with Crippen molar-refractivity contribution in [2.45, 2.75) is 18.9 Å². The maximum atomic E-state index is 13.8. The second-order valence-corrected chi connectivity index (χ2v) is 4.23. The number of pyridine rings is 1. The van der Waals surface area contributed by atoms with Crippen molar-refractivity contribution >= 4 is 17.5 Å². The van der Waals surface area contributed by atoms with Gasteiger partial charge in [-0.2, -0.15) is 0 Å². The SMILES string of the molecule is CNC(=O)C1CCCN1c1nc(NN)c(F)cc1F. The third-order valence-electron chi connectivity index (χ3n) is 3.12. The summed E-state index contributed by atoms with van der Waals surface area (Å²) in [5.74, 6) is 2.89. The van der Waals surface area contributed by atoms with Gasteiger partial charge in [0.25, 0.3) is 0 Å². The lowest BCUT2D eigenvalue weighted by Gasteiger charge is -2.25. The Balaban J connectivity index is 2.37. The molecule has 1 saturated heterocycles. The molecule has 0 radical (unpaired) electrons. The number of likely N-dealkylation sites (N-methyl/N-ethyl adjacent to an activating group) is 1. The highest BCUT2D eigenvalue weighted by molar-refractivity contribution is 5.85. The van der Waals surface area contributed by atoms with E-state index < -0.39 is 17.7 Å². The van der Waals surface area contributed by atoms with Gasteiger partial charge >= 0.3 is 0 Å². The second kappa shape index (κ2) is 5.35. The van der Waals surface area contributed by atoms with Crippen LogP contribution in [-0.2, 0) is 4.79 Å². The molecule has 1 unspecified atom stereocenters. The van der Waals surface area contributed by atoms with Crippen molar-refractivity contribution < 1.29 is 13.6 Å². The molecule has 1 aromatic rings. The van der Waals surface area contributed by atoms with Gasteiger partial charge in [0, 0.05) is 19.7 Å². The van der Waals surface area contributed by atoms with Crippen molar-refractivity contribution in [1.82, 2.24) is 10.3 Å². The van der Waals surface area contributed by atoms with Gasteiger partial charge in [0.05, 0.1) is 0 Å². The number of rotatable bonds is 3. The predicted molar refractivity (Wildman–Crippen MR) is 66.4 cm³/mol. The van der Waals surface area contributed by atoms with Crippen LogP contribution in [0.3, 0.4) is 0 Å². The highest BCUT2D eigenvalue weighted by Gasteiger charge is 2.33. The van der Waals surface area contributed by atoms with Crippen molar-refractivity contribution in [2.24, 2.45) is 5.84 Å². The van der Waals surface area contributed by atoms with Crippen LogP contribution in [0, 0.1) is 11.6 Å². The normalized spacial score (nSPS) is 18.5. The Kier molecular flexibility index (Phi) is 3.79. The molecule has 6 nitrogen and oxygen atoms in total. The average molecular weight is 271 g/mol. The summed E-state index contributed by atoms with van der Waals surface area (Å²) in [5.41, 5.74) is 2.06. The first-order chi connectivity index (χ1) is 9.08. The van der Waals surface area contributed by atoms with Gasteiger partial charge in [-0.05, 0) is 12.8 Å². The van der Waals surface area contributed by atoms with Gasteiger partial charge in [0.1, 0.15) is 6.04 Å². The standard InChI is InChI=1S/C11H15F2N5O/c1-15-11(19)8-3-2-4-18(8)10-7(13)5-6(12)9(16-10)17-14/h5,8H,2-4,14H2,1H3,(H,15,19)(H,16,17). The number of carbonyl (C=O) groups excluding carboxylic acids is 1. The number of hydrogen-bond donors (Lipinski definition) is 3. The van der Waals surface area contributed by atoms with E-state index in [9.17, 15) is 13.6 Å². The van der Waals surface area contributed by atoms with Gasteiger partial charge < -0.3 is 15.6 Å². The average Bonchev–Trinajstić information content (AvgIpc) is 2.87. The second-order valence-electron chi connectivity index (χ2n) is 4.23. The molecule has 1 aliphatic heterocycles. The summed E-state index contributed by atoms with van der Waals surface area (Å²) in [7, 11) is 1.51. The zero-order valence-electron chi connectivity index (χ0n) is 10.4. The van der Waals surface area contributed by atoms with E-state index in [-0.39, 0.29) is 17.5 Å². The smallest absolute Gasteiger partial charge is 0.242 e. The summed E-state index contributed by atoms with van der Waals surface area (Å²) in [6.45, 7) is 0.484. The molecule has 1 aliphatic rings. The number of aromatic nitrogens is 1. The fourth-order valence-electron chi connectivity index (χ4n) is 2.22. The molecule has 0 aromatic carbocycles. The predicted octanol–water partition coefficient (Wildman–Crippen LogP) is 0.360. The maximum absolute atomic E-state index is 13.8. The van der Waals surface area contributed by atoms with Crippen molar-refractivity contribution in [3.05, 3.63) is 17.7 Å². The first-order valence-corrected chi connectivity index (χ1v) is 5.89. The van der Waals surface area contributed by atoms with E-state index in [1.807, 2.05) is 0 Å². The van der Waals surface area contributed by atoms with Crippen LogP contribution in [0.1, 0.15) is 12.8 Å². The summed E-state index contributed by atoms with van der Waals surface area (Å²) >= 11 is 0. The molecule has 19 heavy (non-hydrogen) atoms. The highest BCUT2D eigenvalue weighted by atomic mass is 19.1. The Labute approximate surface area is 108 Å². The molecule has 1 atom stereocenters. The Morgan fingerprint density at radius 2 is 2.26 bits per heavy atom. The lowest BCUT2D eigenvalue weighted by atomic mass is 10.2. The Hall–Kier alpha value is -1.96. The quantitative estimate of drug-likeness (QED) is 0.546. The summed E-state index contributed by atoms with van der Waals surface area (Å²) in [6.07, 6.45) is 1.34. The van der Waals surface area contributed by atoms with Crippen LogP contribution in [0.5, 0.6) is 0 Å². The van der Waals surface area contributed by atoms with E-state index in [1.165, 1.54) is 11.9 Å². The first kappa shape index (κ1) is 13.5. The van der Waals surface area contributed by atoms with Crippen LogP contribution in [0.2, 0.25) is 0 Å². The molecular formula is C11H15F2N5O. The summed E-state index contributed by atoms with van der Waals surface area (Å²) in [6, 6.07) is 0.208. The fourth-order valence-corrected chi connectivity index (χ4v) is 2.22. The van der Waals surface area contributed by atoms with E-state index in [0.717, 1.165) is 6.42 Å². The number of nitrogen functional groups attached to an aromatic ring is 1. The van der Waals surface area contributed by atoms with Crippen molar-refractivity contribution in [3.8, 4) is 0 Å². The van der Waals surface area contributed by atoms with Gasteiger partial charge in [0.15, 0.2) is 23.3 Å². The fraction of sp³-hybridized carbons (Fsp3) is 0.455. The van der Waals surface area contributed by atoms with Gasteiger partial charge in [-0.1, -0.05) is 0 Å². The van der Waals surface area contributed by atoms with Gasteiger partial charge in [0.2, 0.25) is 5.91 Å². The van der Waals surface area contributed by atoms with Crippen LogP contribution in [0.4, 0.5) is 20.4 Å². The molecule has 1 amide bonds. The lowest BCUT2D eigenvalue weighted by Crippen LogP contribution is -2.42. The molecule has 2 heterocycles. The molecule has 2 rings (SSSR count). The topological polar surface area (TPSA) is 83.3 Å². The Bertz CT molecular complexity index is 496. The third-order valence-corrected chi connectivity index (χ3v) is 3.12. The van der Waals surface area contributed by atoms with Crippen molar-refractivity contribution in [3.63, 3.8) is 0 Å².